The van der Waals surface area contributed by atoms with Crippen LogP contribution in [0.5, 0.6) is 5.75 Å². The summed E-state index contributed by atoms with van der Waals surface area (Å²) >= 11 is 0. The summed E-state index contributed by atoms with van der Waals surface area (Å²) < 4.78 is 31.6. The van der Waals surface area contributed by atoms with Crippen LogP contribution >= 0.6 is 0 Å². The van der Waals surface area contributed by atoms with E-state index in [1.807, 2.05) is 0 Å². The third-order valence-electron chi connectivity index (χ3n) is 2.75. The summed E-state index contributed by atoms with van der Waals surface area (Å²) in [7, 11) is 0. The summed E-state index contributed by atoms with van der Waals surface area (Å²) in [6, 6.07) is 9.13. The number of ether oxygens (including phenoxy) is 1. The van der Waals surface area contributed by atoms with Crippen molar-refractivity contribution in [2.24, 2.45) is 0 Å². The van der Waals surface area contributed by atoms with Crippen LogP contribution in [-0.4, -0.2) is 18.4 Å². The lowest BCUT2D eigenvalue weighted by Gasteiger charge is -2.09. The maximum Gasteiger partial charge on any atom is 0.262 e. The first-order valence-electron chi connectivity index (χ1n) is 6.69. The Bertz CT molecular complexity index is 718. The molecule has 0 aliphatic rings. The van der Waals surface area contributed by atoms with Gasteiger partial charge in [-0.3, -0.25) is 9.59 Å². The molecule has 5 nitrogen and oxygen atoms in total. The van der Waals surface area contributed by atoms with E-state index in [9.17, 15) is 18.4 Å². The molecule has 0 heterocycles. The van der Waals surface area contributed by atoms with Crippen LogP contribution in [0.25, 0.3) is 0 Å². The largest absolute Gasteiger partial charge is 0.484 e. The number of carbonyl (C=O) groups excluding carboxylic acids is 2. The Morgan fingerprint density at radius 3 is 2.39 bits per heavy atom. The van der Waals surface area contributed by atoms with Crippen LogP contribution in [0.2, 0.25) is 0 Å². The Morgan fingerprint density at radius 1 is 1.04 bits per heavy atom. The second-order valence-electron chi connectivity index (χ2n) is 4.67. The van der Waals surface area contributed by atoms with Gasteiger partial charge in [0.1, 0.15) is 17.4 Å². The number of benzene rings is 2. The molecule has 23 heavy (non-hydrogen) atoms. The molecule has 7 heteroatoms. The van der Waals surface area contributed by atoms with E-state index in [1.165, 1.54) is 6.92 Å². The number of amides is 2. The summed E-state index contributed by atoms with van der Waals surface area (Å²) in [5, 5.41) is 4.81. The van der Waals surface area contributed by atoms with Crippen LogP contribution in [0.1, 0.15) is 6.92 Å². The summed E-state index contributed by atoms with van der Waals surface area (Å²) in [5.74, 6) is -1.82. The van der Waals surface area contributed by atoms with Gasteiger partial charge in [0.15, 0.2) is 6.61 Å². The first-order chi connectivity index (χ1) is 10.9. The van der Waals surface area contributed by atoms with Crippen molar-refractivity contribution >= 4 is 23.2 Å². The molecule has 2 aromatic rings. The molecule has 0 spiro atoms. The number of nitrogens with one attached hydrogen (secondary N) is 2. The van der Waals surface area contributed by atoms with Gasteiger partial charge in [-0.1, -0.05) is 0 Å². The third-order valence-corrected chi connectivity index (χ3v) is 2.75. The van der Waals surface area contributed by atoms with Gasteiger partial charge in [0, 0.05) is 18.7 Å². The highest BCUT2D eigenvalue weighted by Crippen LogP contribution is 2.17. The van der Waals surface area contributed by atoms with E-state index in [4.69, 9.17) is 4.74 Å². The van der Waals surface area contributed by atoms with Gasteiger partial charge in [-0.05, 0) is 36.4 Å². The van der Waals surface area contributed by atoms with Gasteiger partial charge in [-0.2, -0.15) is 0 Å². The van der Waals surface area contributed by atoms with Crippen molar-refractivity contribution in [1.82, 2.24) is 0 Å². The molecule has 0 saturated carbocycles. The maximum absolute atomic E-state index is 13.4. The Morgan fingerprint density at radius 2 is 1.74 bits per heavy atom. The van der Waals surface area contributed by atoms with Crippen molar-refractivity contribution < 1.29 is 23.1 Å². The molecule has 0 atom stereocenters. The average Bonchev–Trinajstić information content (AvgIpc) is 2.50. The standard InChI is InChI=1S/C16H14F2N2O3/c1-10(21)19-12-3-5-13(6-4-12)23-9-16(22)20-15-8-11(17)2-7-14(15)18/h2-8H,9H2,1H3,(H,19,21)(H,20,22). The van der Waals surface area contributed by atoms with E-state index < -0.39 is 17.5 Å². The van der Waals surface area contributed by atoms with Crippen molar-refractivity contribution in [3.63, 3.8) is 0 Å². The van der Waals surface area contributed by atoms with Crippen molar-refractivity contribution in [2.75, 3.05) is 17.2 Å². The minimum Gasteiger partial charge on any atom is -0.484 e. The third kappa shape index (κ3) is 5.06. The Kier molecular flexibility index (Phi) is 5.24. The number of carbonyl (C=O) groups is 2. The fourth-order valence-electron chi connectivity index (χ4n) is 1.77. The normalized spacial score (nSPS) is 10.0. The van der Waals surface area contributed by atoms with Gasteiger partial charge in [0.2, 0.25) is 5.91 Å². The van der Waals surface area contributed by atoms with Gasteiger partial charge in [0.25, 0.3) is 5.91 Å². The number of anilines is 2. The monoisotopic (exact) mass is 320 g/mol. The van der Waals surface area contributed by atoms with Crippen LogP contribution in [0.3, 0.4) is 0 Å². The smallest absolute Gasteiger partial charge is 0.262 e. The number of halogens is 2. The van der Waals surface area contributed by atoms with E-state index in [2.05, 4.69) is 10.6 Å². The van der Waals surface area contributed by atoms with Crippen LogP contribution in [0.4, 0.5) is 20.2 Å². The van der Waals surface area contributed by atoms with Crippen LogP contribution in [0.15, 0.2) is 42.5 Å². The Hall–Kier alpha value is -2.96. The lowest BCUT2D eigenvalue weighted by molar-refractivity contribution is -0.118. The SMILES string of the molecule is CC(=O)Nc1ccc(OCC(=O)Nc2cc(F)ccc2F)cc1. The maximum atomic E-state index is 13.4. The number of rotatable bonds is 5. The highest BCUT2D eigenvalue weighted by atomic mass is 19.1. The predicted octanol–water partition coefficient (Wildman–Crippen LogP) is 2.94. The molecular weight excluding hydrogens is 306 g/mol. The van der Waals surface area contributed by atoms with Crippen LogP contribution in [0, 0.1) is 11.6 Å². The second kappa shape index (κ2) is 7.35. The summed E-state index contributed by atoms with van der Waals surface area (Å²) in [4.78, 5) is 22.6. The molecule has 0 saturated heterocycles. The lowest BCUT2D eigenvalue weighted by Crippen LogP contribution is -2.20. The second-order valence-corrected chi connectivity index (χ2v) is 4.67. The van der Waals surface area contributed by atoms with E-state index >= 15 is 0 Å². The van der Waals surface area contributed by atoms with Crippen molar-refractivity contribution in [3.05, 3.63) is 54.1 Å². The molecule has 0 fully saturated rings. The van der Waals surface area contributed by atoms with Crippen molar-refractivity contribution in [2.45, 2.75) is 6.92 Å². The van der Waals surface area contributed by atoms with Crippen LogP contribution < -0.4 is 15.4 Å². The summed E-state index contributed by atoms with van der Waals surface area (Å²) in [6.07, 6.45) is 0. The molecule has 0 bridgehead atoms. The highest BCUT2D eigenvalue weighted by Gasteiger charge is 2.09. The van der Waals surface area contributed by atoms with E-state index in [-0.39, 0.29) is 18.2 Å². The quantitative estimate of drug-likeness (QED) is 0.890. The average molecular weight is 320 g/mol. The molecule has 120 valence electrons. The van der Waals surface area contributed by atoms with Gasteiger partial charge in [-0.25, -0.2) is 8.78 Å². The molecule has 0 aromatic heterocycles. The van der Waals surface area contributed by atoms with Gasteiger partial charge >= 0.3 is 0 Å². The summed E-state index contributed by atoms with van der Waals surface area (Å²) in [6.45, 7) is 1.02. The molecule has 2 rings (SSSR count). The minimum atomic E-state index is -0.737. The summed E-state index contributed by atoms with van der Waals surface area (Å²) in [5.41, 5.74) is 0.343. The lowest BCUT2D eigenvalue weighted by atomic mass is 10.3. The molecule has 0 aliphatic heterocycles. The molecule has 0 unspecified atom stereocenters. The van der Waals surface area contributed by atoms with Crippen molar-refractivity contribution in [1.29, 1.82) is 0 Å². The molecule has 2 N–H and O–H groups in total. The first kappa shape index (κ1) is 16.4. The van der Waals surface area contributed by atoms with Gasteiger partial charge in [0.05, 0.1) is 5.69 Å². The van der Waals surface area contributed by atoms with E-state index in [0.717, 1.165) is 18.2 Å². The van der Waals surface area contributed by atoms with E-state index in [1.54, 1.807) is 24.3 Å². The zero-order valence-corrected chi connectivity index (χ0v) is 12.2. The fraction of sp³-hybridized carbons (Fsp3) is 0.125. The van der Waals surface area contributed by atoms with Gasteiger partial charge < -0.3 is 15.4 Å². The molecule has 0 aliphatic carbocycles. The number of hydrogen-bond acceptors (Lipinski definition) is 3. The molecule has 2 amide bonds. The minimum absolute atomic E-state index is 0.199. The molecular formula is C16H14F2N2O3. The van der Waals surface area contributed by atoms with Gasteiger partial charge in [-0.15, -0.1) is 0 Å². The zero-order chi connectivity index (χ0) is 16.8. The van der Waals surface area contributed by atoms with Crippen molar-refractivity contribution in [3.8, 4) is 5.75 Å². The highest BCUT2D eigenvalue weighted by molar-refractivity contribution is 5.92. The Balaban J connectivity index is 1.89. The Labute approximate surface area is 131 Å². The zero-order valence-electron chi connectivity index (χ0n) is 12.2. The molecule has 0 radical (unpaired) electrons. The topological polar surface area (TPSA) is 67.4 Å². The number of hydrogen-bond donors (Lipinski definition) is 2. The fourth-order valence-corrected chi connectivity index (χ4v) is 1.77. The van der Waals surface area contributed by atoms with E-state index in [0.29, 0.717) is 11.4 Å². The van der Waals surface area contributed by atoms with Crippen LogP contribution in [-0.2, 0) is 9.59 Å². The first-order valence-corrected chi connectivity index (χ1v) is 6.69. The molecule has 2 aromatic carbocycles. The predicted molar refractivity (Wildman–Crippen MR) is 81.2 cm³/mol.